The van der Waals surface area contributed by atoms with Crippen LogP contribution in [0.2, 0.25) is 10.0 Å². The maximum Gasteiger partial charge on any atom is 0.426 e. The van der Waals surface area contributed by atoms with Crippen LogP contribution >= 0.6 is 23.2 Å². The molecule has 0 radical (unpaired) electrons. The van der Waals surface area contributed by atoms with Crippen LogP contribution in [0, 0.1) is 5.82 Å². The summed E-state index contributed by atoms with van der Waals surface area (Å²) < 4.78 is 48.8. The molecule has 0 unspecified atom stereocenters. The van der Waals surface area contributed by atoms with Gasteiger partial charge >= 0.3 is 12.4 Å². The number of benzene rings is 1. The van der Waals surface area contributed by atoms with Crippen molar-refractivity contribution in [3.63, 3.8) is 0 Å². The predicted molar refractivity (Wildman–Crippen MR) is 79.2 cm³/mol. The summed E-state index contributed by atoms with van der Waals surface area (Å²) in [6, 6.07) is 0.872. The number of alkyl halides is 2. The molecule has 0 fully saturated rings. The summed E-state index contributed by atoms with van der Waals surface area (Å²) in [4.78, 5) is 24.5. The summed E-state index contributed by atoms with van der Waals surface area (Å²) in [5.41, 5.74) is -1.23. The summed E-state index contributed by atoms with van der Waals surface area (Å²) in [7, 11) is 0. The number of ether oxygens (including phenoxy) is 1. The van der Waals surface area contributed by atoms with E-state index in [1.54, 1.807) is 0 Å². The molecule has 5 nitrogen and oxygen atoms in total. The van der Waals surface area contributed by atoms with Gasteiger partial charge < -0.3 is 9.15 Å². The lowest BCUT2D eigenvalue weighted by Gasteiger charge is -2.13. The van der Waals surface area contributed by atoms with E-state index in [4.69, 9.17) is 27.6 Å². The molecule has 0 saturated carbocycles. The van der Waals surface area contributed by atoms with Crippen molar-refractivity contribution >= 4 is 23.2 Å². The minimum absolute atomic E-state index is 0.233. The van der Waals surface area contributed by atoms with E-state index in [1.807, 2.05) is 0 Å². The van der Waals surface area contributed by atoms with E-state index < -0.39 is 40.2 Å². The van der Waals surface area contributed by atoms with Crippen LogP contribution in [0.1, 0.15) is 17.7 Å². The van der Waals surface area contributed by atoms with E-state index in [0.29, 0.717) is 23.8 Å². The standard InChI is InChI=1S/C14H8Cl2F3NO4/c15-6-4-7(10(17)11(9(6)16)24-13(18)19)20-12(21)5-2-1-3-8(5)23-14(20)22/h4,13H,1-3H2. The topological polar surface area (TPSA) is 61.4 Å². The number of hydrogen-bond acceptors (Lipinski definition) is 4. The average Bonchev–Trinajstić information content (AvgIpc) is 2.97. The van der Waals surface area contributed by atoms with Crippen molar-refractivity contribution in [2.45, 2.75) is 25.9 Å². The summed E-state index contributed by atoms with van der Waals surface area (Å²) >= 11 is 11.4. The second kappa shape index (κ2) is 6.18. The van der Waals surface area contributed by atoms with Crippen LogP contribution in [0.25, 0.3) is 5.69 Å². The molecule has 3 rings (SSSR count). The Kier molecular flexibility index (Phi) is 4.35. The number of hydrogen-bond donors (Lipinski definition) is 0. The summed E-state index contributed by atoms with van der Waals surface area (Å²) in [6.07, 6.45) is 1.40. The normalized spacial score (nSPS) is 13.4. The fourth-order valence-electron chi connectivity index (χ4n) is 2.55. The molecule has 0 saturated heterocycles. The summed E-state index contributed by atoms with van der Waals surface area (Å²) in [5.74, 6) is -3.38. The smallest absolute Gasteiger partial charge is 0.426 e. The van der Waals surface area contributed by atoms with Crippen LogP contribution in [-0.2, 0) is 12.8 Å². The van der Waals surface area contributed by atoms with E-state index in [9.17, 15) is 22.8 Å². The molecule has 1 aromatic carbocycles. The summed E-state index contributed by atoms with van der Waals surface area (Å²) in [6.45, 7) is -3.38. The lowest BCUT2D eigenvalue weighted by Crippen LogP contribution is -2.34. The van der Waals surface area contributed by atoms with Crippen molar-refractivity contribution in [2.75, 3.05) is 0 Å². The Balaban J connectivity index is 2.31. The third-order valence-corrected chi connectivity index (χ3v) is 4.34. The van der Waals surface area contributed by atoms with Gasteiger partial charge in [-0.15, -0.1) is 0 Å². The van der Waals surface area contributed by atoms with E-state index in [2.05, 4.69) is 4.74 Å². The van der Waals surface area contributed by atoms with E-state index in [-0.39, 0.29) is 16.3 Å². The Labute approximate surface area is 142 Å². The number of nitrogens with zero attached hydrogens (tertiary/aromatic N) is 1. The molecule has 10 heteroatoms. The Morgan fingerprint density at radius 1 is 1.25 bits per heavy atom. The van der Waals surface area contributed by atoms with Gasteiger partial charge in [0.05, 0.1) is 16.3 Å². The van der Waals surface area contributed by atoms with Gasteiger partial charge in [0, 0.05) is 6.42 Å². The van der Waals surface area contributed by atoms with Crippen LogP contribution in [0.5, 0.6) is 5.75 Å². The molecular formula is C14H8Cl2F3NO4. The first-order valence-electron chi connectivity index (χ1n) is 6.71. The number of aryl methyl sites for hydroxylation is 1. The molecule has 1 aliphatic rings. The minimum Gasteiger partial charge on any atom is -0.430 e. The SMILES string of the molecule is O=c1oc2c(c(=O)n1-c1cc(Cl)c(Cl)c(OC(F)F)c1F)CCC2. The van der Waals surface area contributed by atoms with Crippen LogP contribution < -0.4 is 16.1 Å². The average molecular weight is 382 g/mol. The first-order chi connectivity index (χ1) is 11.3. The Morgan fingerprint density at radius 3 is 2.62 bits per heavy atom. The minimum atomic E-state index is -3.38. The van der Waals surface area contributed by atoms with Crippen LogP contribution in [0.3, 0.4) is 0 Å². The third kappa shape index (κ3) is 2.69. The first kappa shape index (κ1) is 16.9. The summed E-state index contributed by atoms with van der Waals surface area (Å²) in [5, 5.41) is -0.965. The van der Waals surface area contributed by atoms with Crippen LogP contribution in [-0.4, -0.2) is 11.2 Å². The maximum absolute atomic E-state index is 14.5. The van der Waals surface area contributed by atoms with Crippen molar-refractivity contribution in [1.82, 2.24) is 4.57 Å². The highest BCUT2D eigenvalue weighted by Gasteiger charge is 2.27. The number of aromatic nitrogens is 1. The van der Waals surface area contributed by atoms with Gasteiger partial charge in [0.25, 0.3) is 5.56 Å². The highest BCUT2D eigenvalue weighted by molar-refractivity contribution is 6.43. The molecule has 0 spiro atoms. The highest BCUT2D eigenvalue weighted by Crippen LogP contribution is 2.38. The first-order valence-corrected chi connectivity index (χ1v) is 7.47. The lowest BCUT2D eigenvalue weighted by molar-refractivity contribution is -0.0521. The predicted octanol–water partition coefficient (Wildman–Crippen LogP) is 3.33. The molecule has 0 amide bonds. The van der Waals surface area contributed by atoms with Gasteiger partial charge in [-0.05, 0) is 18.9 Å². The molecular weight excluding hydrogens is 374 g/mol. The van der Waals surface area contributed by atoms with Crippen molar-refractivity contribution in [2.24, 2.45) is 0 Å². The fourth-order valence-corrected chi connectivity index (χ4v) is 2.93. The third-order valence-electron chi connectivity index (χ3n) is 3.57. The Morgan fingerprint density at radius 2 is 1.96 bits per heavy atom. The molecule has 128 valence electrons. The zero-order chi connectivity index (χ0) is 17.6. The quantitative estimate of drug-likeness (QED) is 0.765. The molecule has 1 heterocycles. The highest BCUT2D eigenvalue weighted by atomic mass is 35.5. The zero-order valence-electron chi connectivity index (χ0n) is 11.7. The van der Waals surface area contributed by atoms with E-state index in [0.717, 1.165) is 6.07 Å². The maximum atomic E-state index is 14.5. The van der Waals surface area contributed by atoms with Gasteiger partial charge in [-0.2, -0.15) is 8.78 Å². The number of rotatable bonds is 3. The van der Waals surface area contributed by atoms with E-state index >= 15 is 0 Å². The van der Waals surface area contributed by atoms with Crippen LogP contribution in [0.4, 0.5) is 13.2 Å². The molecule has 0 aliphatic heterocycles. The lowest BCUT2D eigenvalue weighted by atomic mass is 10.2. The van der Waals surface area contributed by atoms with E-state index in [1.165, 1.54) is 0 Å². The molecule has 2 aromatic rings. The largest absolute Gasteiger partial charge is 0.430 e. The van der Waals surface area contributed by atoms with Gasteiger partial charge in [0.1, 0.15) is 10.8 Å². The Bertz CT molecular complexity index is 939. The van der Waals surface area contributed by atoms with Crippen molar-refractivity contribution < 1.29 is 22.3 Å². The van der Waals surface area contributed by atoms with Gasteiger partial charge in [0.15, 0.2) is 11.6 Å². The van der Waals surface area contributed by atoms with Gasteiger partial charge in [-0.25, -0.2) is 13.8 Å². The van der Waals surface area contributed by atoms with Crippen molar-refractivity contribution in [1.29, 1.82) is 0 Å². The molecule has 0 N–H and O–H groups in total. The molecule has 0 bridgehead atoms. The van der Waals surface area contributed by atoms with Gasteiger partial charge in [0.2, 0.25) is 0 Å². The van der Waals surface area contributed by atoms with Gasteiger partial charge in [-0.1, -0.05) is 23.2 Å². The van der Waals surface area contributed by atoms with Gasteiger partial charge in [-0.3, -0.25) is 4.79 Å². The molecule has 1 aromatic heterocycles. The van der Waals surface area contributed by atoms with Crippen LogP contribution in [0.15, 0.2) is 20.1 Å². The van der Waals surface area contributed by atoms with Crippen molar-refractivity contribution in [3.8, 4) is 11.4 Å². The second-order valence-corrected chi connectivity index (χ2v) is 5.76. The molecule has 24 heavy (non-hydrogen) atoms. The second-order valence-electron chi connectivity index (χ2n) is 4.98. The zero-order valence-corrected chi connectivity index (χ0v) is 13.3. The van der Waals surface area contributed by atoms with Crippen molar-refractivity contribution in [3.05, 3.63) is 54.2 Å². The molecule has 0 atom stereocenters. The Hall–Kier alpha value is -1.93. The monoisotopic (exact) mass is 381 g/mol. The molecule has 1 aliphatic carbocycles. The number of halogens is 5. The fraction of sp³-hybridized carbons (Fsp3) is 0.286. The number of fused-ring (bicyclic) bond motifs is 1.